The van der Waals surface area contributed by atoms with Gasteiger partial charge in [-0.3, -0.25) is 0 Å². The van der Waals surface area contributed by atoms with Crippen molar-refractivity contribution in [3.05, 3.63) is 71.9 Å². The average Bonchev–Trinajstić information content (AvgIpc) is 3.48. The van der Waals surface area contributed by atoms with E-state index in [2.05, 4.69) is 25.5 Å². The van der Waals surface area contributed by atoms with Crippen LogP contribution < -0.4 is 5.32 Å². The van der Waals surface area contributed by atoms with E-state index in [0.717, 1.165) is 11.8 Å². The Morgan fingerprint density at radius 1 is 1.08 bits per heavy atom. The zero-order valence-electron chi connectivity index (χ0n) is 21.7. The minimum absolute atomic E-state index is 0.139. The van der Waals surface area contributed by atoms with Crippen LogP contribution in [0.1, 0.15) is 39.0 Å². The monoisotopic (exact) mass is 534 g/mol. The fraction of sp³-hybridized carbons (Fsp3) is 0.259. The summed E-state index contributed by atoms with van der Waals surface area (Å²) < 4.78 is 48.6. The molecule has 11 heteroatoms. The smallest absolute Gasteiger partial charge is 0.316 e. The number of rotatable bonds is 6. The first kappa shape index (κ1) is 25.5. The first-order chi connectivity index (χ1) is 18.0. The molecule has 3 heterocycles. The van der Waals surface area contributed by atoms with Crippen molar-refractivity contribution in [1.29, 1.82) is 0 Å². The molecule has 9 nitrogen and oxygen atoms in total. The summed E-state index contributed by atoms with van der Waals surface area (Å²) in [4.78, 5) is 8.70. The molecule has 5 rings (SSSR count). The number of halogens is 1. The van der Waals surface area contributed by atoms with Crippen LogP contribution in [0.25, 0.3) is 33.7 Å². The molecule has 3 aromatic heterocycles. The predicted octanol–water partition coefficient (Wildman–Crippen LogP) is 5.61. The topological polar surface area (TPSA) is 116 Å². The Labute approximate surface area is 219 Å². The third-order valence-corrected chi connectivity index (χ3v) is 7.58. The number of benzene rings is 2. The number of hydrogen-bond acceptors (Lipinski definition) is 8. The van der Waals surface area contributed by atoms with Crippen LogP contribution in [-0.4, -0.2) is 38.1 Å². The first-order valence-electron chi connectivity index (χ1n) is 12.1. The van der Waals surface area contributed by atoms with Crippen LogP contribution in [0.2, 0.25) is 0 Å². The third-order valence-electron chi connectivity index (χ3n) is 5.89. The van der Waals surface area contributed by atoms with Gasteiger partial charge in [0.25, 0.3) is 10.0 Å². The maximum absolute atomic E-state index is 14.2. The highest BCUT2D eigenvalue weighted by atomic mass is 32.2. The maximum Gasteiger partial charge on any atom is 0.316 e. The van der Waals surface area contributed by atoms with Crippen molar-refractivity contribution in [2.75, 3.05) is 5.32 Å². The molecule has 0 saturated carbocycles. The minimum atomic E-state index is -3.96. The number of hydrogen-bond donors (Lipinski definition) is 1. The Kier molecular flexibility index (Phi) is 6.26. The molecular formula is C27H27FN6O3S. The minimum Gasteiger partial charge on any atom is -0.403 e. The summed E-state index contributed by atoms with van der Waals surface area (Å²) in [6.45, 7) is 9.59. The van der Waals surface area contributed by atoms with Crippen molar-refractivity contribution in [2.45, 2.75) is 51.5 Å². The van der Waals surface area contributed by atoms with Crippen LogP contribution >= 0.6 is 0 Å². The molecule has 0 aliphatic carbocycles. The number of fused-ring (bicyclic) bond motifs is 1. The van der Waals surface area contributed by atoms with Crippen molar-refractivity contribution in [3.8, 4) is 22.8 Å². The van der Waals surface area contributed by atoms with Crippen molar-refractivity contribution >= 4 is 26.9 Å². The third kappa shape index (κ3) is 4.76. The van der Waals surface area contributed by atoms with Crippen molar-refractivity contribution < 1.29 is 17.2 Å². The number of nitrogens with zero attached hydrogens (tertiary/aromatic N) is 5. The molecule has 1 N–H and O–H groups in total. The molecule has 196 valence electrons. The molecule has 0 spiro atoms. The van der Waals surface area contributed by atoms with Gasteiger partial charge in [0, 0.05) is 28.2 Å². The van der Waals surface area contributed by atoms with Crippen molar-refractivity contribution in [2.24, 2.45) is 0 Å². The number of aryl methyl sites for hydroxylation is 2. The van der Waals surface area contributed by atoms with E-state index in [1.807, 2.05) is 27.7 Å². The zero-order chi connectivity index (χ0) is 27.2. The first-order valence-corrected chi connectivity index (χ1v) is 13.5. The lowest BCUT2D eigenvalue weighted by molar-refractivity contribution is 0.538. The van der Waals surface area contributed by atoms with Gasteiger partial charge in [-0.25, -0.2) is 26.7 Å². The van der Waals surface area contributed by atoms with Gasteiger partial charge in [0.1, 0.15) is 0 Å². The second-order valence-corrected chi connectivity index (χ2v) is 11.8. The van der Waals surface area contributed by atoms with E-state index < -0.39 is 15.8 Å². The molecule has 0 saturated heterocycles. The number of nitrogens with one attached hydrogen (secondary N) is 1. The van der Waals surface area contributed by atoms with E-state index >= 15 is 0 Å². The standard InChI is InChI=1S/C27H27FN6O3S/c1-6-22-21(28)14-29-24(30-22)20-15-34(38(35,36)18-10-7-16(2)8-11-18)23-12-9-17(13-19(20)23)25-32-33-26(37-25)31-27(3,4)5/h7-15H,6H2,1-5H3,(H,31,33). The van der Waals surface area contributed by atoms with E-state index in [4.69, 9.17) is 4.42 Å². The molecule has 0 radical (unpaired) electrons. The Balaban J connectivity index is 1.71. The van der Waals surface area contributed by atoms with Crippen LogP contribution in [0.15, 0.2) is 64.2 Å². The zero-order valence-corrected chi connectivity index (χ0v) is 22.5. The van der Waals surface area contributed by atoms with Gasteiger partial charge in [-0.15, -0.1) is 5.10 Å². The van der Waals surface area contributed by atoms with Crippen LogP contribution in [0, 0.1) is 12.7 Å². The molecule has 0 unspecified atom stereocenters. The van der Waals surface area contributed by atoms with Gasteiger partial charge in [0.05, 0.1) is 22.3 Å². The fourth-order valence-corrected chi connectivity index (χ4v) is 5.39. The predicted molar refractivity (Wildman–Crippen MR) is 143 cm³/mol. The summed E-state index contributed by atoms with van der Waals surface area (Å²) in [6.07, 6.45) is 2.93. The van der Waals surface area contributed by atoms with Crippen LogP contribution in [0.4, 0.5) is 10.4 Å². The second-order valence-electron chi connectivity index (χ2n) is 10.0. The number of anilines is 1. The van der Waals surface area contributed by atoms with E-state index in [9.17, 15) is 12.8 Å². The second kappa shape index (κ2) is 9.32. The molecule has 0 atom stereocenters. The molecule has 2 aromatic carbocycles. The molecule has 0 aliphatic rings. The van der Waals surface area contributed by atoms with Gasteiger partial charge in [-0.05, 0) is 64.4 Å². The summed E-state index contributed by atoms with van der Waals surface area (Å²) in [7, 11) is -3.96. The highest BCUT2D eigenvalue weighted by Crippen LogP contribution is 2.35. The van der Waals surface area contributed by atoms with Gasteiger partial charge >= 0.3 is 6.01 Å². The van der Waals surface area contributed by atoms with Gasteiger partial charge in [-0.2, -0.15) is 0 Å². The Morgan fingerprint density at radius 2 is 1.82 bits per heavy atom. The average molecular weight is 535 g/mol. The summed E-state index contributed by atoms with van der Waals surface area (Å²) in [5, 5.41) is 11.9. The van der Waals surface area contributed by atoms with Crippen LogP contribution in [0.5, 0.6) is 0 Å². The summed E-state index contributed by atoms with van der Waals surface area (Å²) in [5.41, 5.74) is 2.32. The fourth-order valence-electron chi connectivity index (χ4n) is 4.03. The highest BCUT2D eigenvalue weighted by Gasteiger charge is 2.24. The molecule has 5 aromatic rings. The van der Waals surface area contributed by atoms with Gasteiger partial charge < -0.3 is 9.73 Å². The summed E-state index contributed by atoms with van der Waals surface area (Å²) in [6, 6.07) is 12.0. The normalized spacial score (nSPS) is 12.3. The van der Waals surface area contributed by atoms with Crippen molar-refractivity contribution in [3.63, 3.8) is 0 Å². The SMILES string of the molecule is CCc1nc(-c2cn(S(=O)(=O)c3ccc(C)cc3)c3ccc(-c4nnc(NC(C)(C)C)o4)cc23)ncc1F. The quantitative estimate of drug-likeness (QED) is 0.299. The molecular weight excluding hydrogens is 507 g/mol. The van der Waals surface area contributed by atoms with Crippen molar-refractivity contribution in [1.82, 2.24) is 24.1 Å². The van der Waals surface area contributed by atoms with E-state index in [-0.39, 0.29) is 33.9 Å². The summed E-state index contributed by atoms with van der Waals surface area (Å²) in [5.74, 6) is -0.0467. The van der Waals surface area contributed by atoms with Gasteiger partial charge in [-0.1, -0.05) is 29.7 Å². The van der Waals surface area contributed by atoms with E-state index in [1.165, 1.54) is 10.2 Å². The van der Waals surface area contributed by atoms with Crippen LogP contribution in [-0.2, 0) is 16.4 Å². The lowest BCUT2D eigenvalue weighted by atomic mass is 10.1. The van der Waals surface area contributed by atoms with E-state index in [0.29, 0.717) is 28.5 Å². The lowest BCUT2D eigenvalue weighted by Gasteiger charge is -2.17. The molecule has 0 bridgehead atoms. The Bertz CT molecular complexity index is 1750. The lowest BCUT2D eigenvalue weighted by Crippen LogP contribution is -2.26. The molecule has 0 amide bonds. The summed E-state index contributed by atoms with van der Waals surface area (Å²) >= 11 is 0. The molecule has 38 heavy (non-hydrogen) atoms. The molecule has 0 fully saturated rings. The van der Waals surface area contributed by atoms with Crippen LogP contribution in [0.3, 0.4) is 0 Å². The van der Waals surface area contributed by atoms with E-state index in [1.54, 1.807) is 49.4 Å². The Morgan fingerprint density at radius 3 is 2.50 bits per heavy atom. The van der Waals surface area contributed by atoms with Gasteiger partial charge in [0.15, 0.2) is 11.6 Å². The molecule has 0 aliphatic heterocycles. The van der Waals surface area contributed by atoms with Gasteiger partial charge in [0.2, 0.25) is 5.89 Å². The Hall–Kier alpha value is -4.12. The highest BCUT2D eigenvalue weighted by molar-refractivity contribution is 7.90. The maximum atomic E-state index is 14.2. The number of aromatic nitrogens is 5. The largest absolute Gasteiger partial charge is 0.403 e.